The molecule has 0 saturated heterocycles. The van der Waals surface area contributed by atoms with Gasteiger partial charge in [0.05, 0.1) is 39.4 Å². The van der Waals surface area contributed by atoms with Gasteiger partial charge in [-0.15, -0.1) is 0 Å². The number of methoxy groups -OCH3 is 3. The van der Waals surface area contributed by atoms with Crippen molar-refractivity contribution in [3.8, 4) is 11.5 Å². The maximum atomic E-state index is 13.8. The van der Waals surface area contributed by atoms with Gasteiger partial charge < -0.3 is 29.0 Å². The molecular weight excluding hydrogens is 454 g/mol. The van der Waals surface area contributed by atoms with Crippen LogP contribution in [-0.4, -0.2) is 58.9 Å². The molecule has 3 rings (SSSR count). The topological polar surface area (TPSA) is 109 Å². The average Bonchev–Trinajstić information content (AvgIpc) is 2.84. The minimum atomic E-state index is -0.971. The molecule has 0 unspecified atom stereocenters. The third-order valence-corrected chi connectivity index (χ3v) is 6.38. The van der Waals surface area contributed by atoms with Gasteiger partial charge in [-0.1, -0.05) is 13.0 Å². The van der Waals surface area contributed by atoms with Gasteiger partial charge in [0.2, 0.25) is 0 Å². The van der Waals surface area contributed by atoms with E-state index in [2.05, 4.69) is 5.32 Å². The van der Waals surface area contributed by atoms with Crippen LogP contribution in [0.1, 0.15) is 38.7 Å². The fourth-order valence-corrected chi connectivity index (χ4v) is 4.73. The molecular formula is C26H33NO8. The Hall–Kier alpha value is -3.33. The highest BCUT2D eigenvalue weighted by Crippen LogP contribution is 2.48. The van der Waals surface area contributed by atoms with Crippen LogP contribution in [-0.2, 0) is 28.6 Å². The van der Waals surface area contributed by atoms with Gasteiger partial charge in [0.1, 0.15) is 24.0 Å². The second-order valence-electron chi connectivity index (χ2n) is 8.48. The van der Waals surface area contributed by atoms with E-state index in [4.69, 9.17) is 23.7 Å². The van der Waals surface area contributed by atoms with E-state index in [0.29, 0.717) is 47.1 Å². The number of carbonyl (C=O) groups excluding carboxylic acids is 3. The molecule has 1 heterocycles. The number of hydrogen-bond donors (Lipinski definition) is 1. The number of rotatable bonds is 9. The van der Waals surface area contributed by atoms with Crippen molar-refractivity contribution in [1.29, 1.82) is 0 Å². The fraction of sp³-hybridized carbons (Fsp3) is 0.500. The van der Waals surface area contributed by atoms with E-state index in [1.54, 1.807) is 25.1 Å². The largest absolute Gasteiger partial charge is 0.497 e. The first kappa shape index (κ1) is 26.3. The Morgan fingerprint density at radius 1 is 1.11 bits per heavy atom. The van der Waals surface area contributed by atoms with Crippen LogP contribution >= 0.6 is 0 Å². The Bertz CT molecular complexity index is 1060. The molecule has 1 aromatic carbocycles. The molecule has 9 nitrogen and oxygen atoms in total. The van der Waals surface area contributed by atoms with Gasteiger partial charge in [0.25, 0.3) is 0 Å². The summed E-state index contributed by atoms with van der Waals surface area (Å²) >= 11 is 0. The van der Waals surface area contributed by atoms with E-state index in [1.807, 2.05) is 13.8 Å². The molecule has 0 bridgehead atoms. The minimum Gasteiger partial charge on any atom is -0.497 e. The number of carbonyl (C=O) groups is 3. The zero-order chi connectivity index (χ0) is 25.7. The van der Waals surface area contributed by atoms with Crippen molar-refractivity contribution < 1.29 is 38.1 Å². The summed E-state index contributed by atoms with van der Waals surface area (Å²) in [6, 6.07) is 5.19. The van der Waals surface area contributed by atoms with Crippen LogP contribution in [0.25, 0.3) is 0 Å². The normalized spacial score (nSPS) is 21.8. The summed E-state index contributed by atoms with van der Waals surface area (Å²) in [5.74, 6) is -2.60. The van der Waals surface area contributed by atoms with Crippen LogP contribution in [0.3, 0.4) is 0 Å². The summed E-state index contributed by atoms with van der Waals surface area (Å²) in [5.41, 5.74) is 2.45. The highest BCUT2D eigenvalue weighted by molar-refractivity contribution is 6.12. The number of nitrogens with one attached hydrogen (secondary N) is 1. The minimum absolute atomic E-state index is 0.0671. The number of esters is 2. The molecule has 190 valence electrons. The van der Waals surface area contributed by atoms with E-state index in [9.17, 15) is 14.4 Å². The third kappa shape index (κ3) is 5.19. The van der Waals surface area contributed by atoms with Gasteiger partial charge in [0.15, 0.2) is 5.78 Å². The smallest absolute Gasteiger partial charge is 0.336 e. The average molecular weight is 488 g/mol. The van der Waals surface area contributed by atoms with Gasteiger partial charge in [-0.2, -0.15) is 0 Å². The van der Waals surface area contributed by atoms with Gasteiger partial charge >= 0.3 is 11.9 Å². The van der Waals surface area contributed by atoms with E-state index >= 15 is 0 Å². The number of hydrogen-bond acceptors (Lipinski definition) is 9. The van der Waals surface area contributed by atoms with Crippen LogP contribution in [0.2, 0.25) is 0 Å². The van der Waals surface area contributed by atoms with Crippen molar-refractivity contribution in [3.63, 3.8) is 0 Å². The number of allylic oxidation sites excluding steroid dienone is 3. The predicted molar refractivity (Wildman–Crippen MR) is 127 cm³/mol. The fourth-order valence-electron chi connectivity index (χ4n) is 4.73. The first-order valence-corrected chi connectivity index (χ1v) is 11.6. The molecule has 0 fully saturated rings. The van der Waals surface area contributed by atoms with Crippen LogP contribution in [0.15, 0.2) is 40.7 Å². The Kier molecular flexibility index (Phi) is 8.56. The van der Waals surface area contributed by atoms with Gasteiger partial charge in [-0.3, -0.25) is 9.59 Å². The lowest BCUT2D eigenvalue weighted by atomic mass is 9.69. The van der Waals surface area contributed by atoms with Crippen molar-refractivity contribution in [2.75, 3.05) is 41.2 Å². The van der Waals surface area contributed by atoms with E-state index in [0.717, 1.165) is 0 Å². The highest BCUT2D eigenvalue weighted by atomic mass is 16.6. The number of benzene rings is 1. The van der Waals surface area contributed by atoms with E-state index in [-0.39, 0.29) is 30.5 Å². The maximum absolute atomic E-state index is 13.8. The summed E-state index contributed by atoms with van der Waals surface area (Å²) in [6.07, 6.45) is 0.444. The molecule has 1 aromatic rings. The number of ether oxygens (including phenoxy) is 5. The molecule has 1 N–H and O–H groups in total. The summed E-state index contributed by atoms with van der Waals surface area (Å²) in [6.45, 7) is 6.29. The standard InChI is InChI=1S/C26H33NO8/c1-7-34-10-11-35-26(30)21-15(3)27-18-12-14(2)20(25(29)33-6)24(28)23(18)22(21)17-9-8-16(31-4)13-19(17)32-5/h8-9,13-14,20,22,27H,7,10-12H2,1-6H3/t14-,20+,22-/m1/s1. The Balaban J connectivity index is 2.15. The second kappa shape index (κ2) is 11.4. The first-order valence-electron chi connectivity index (χ1n) is 11.6. The van der Waals surface area contributed by atoms with Crippen LogP contribution in [0, 0.1) is 11.8 Å². The molecule has 3 atom stereocenters. The molecule has 0 amide bonds. The van der Waals surface area contributed by atoms with Gasteiger partial charge in [0, 0.05) is 35.2 Å². The van der Waals surface area contributed by atoms with Crippen LogP contribution in [0.5, 0.6) is 11.5 Å². The Morgan fingerprint density at radius 3 is 2.49 bits per heavy atom. The van der Waals surface area contributed by atoms with Crippen molar-refractivity contribution in [2.45, 2.75) is 33.1 Å². The molecule has 9 heteroatoms. The van der Waals surface area contributed by atoms with E-state index < -0.39 is 23.8 Å². The molecule has 35 heavy (non-hydrogen) atoms. The number of ketones is 1. The lowest BCUT2D eigenvalue weighted by molar-refractivity contribution is -0.151. The van der Waals surface area contributed by atoms with Crippen LogP contribution < -0.4 is 14.8 Å². The molecule has 0 radical (unpaired) electrons. The summed E-state index contributed by atoms with van der Waals surface area (Å²) in [4.78, 5) is 39.7. The molecule has 0 saturated carbocycles. The van der Waals surface area contributed by atoms with E-state index in [1.165, 1.54) is 21.3 Å². The quantitative estimate of drug-likeness (QED) is 0.319. The zero-order valence-corrected chi connectivity index (χ0v) is 21.1. The third-order valence-electron chi connectivity index (χ3n) is 6.38. The predicted octanol–water partition coefficient (Wildman–Crippen LogP) is 2.90. The Morgan fingerprint density at radius 2 is 1.86 bits per heavy atom. The summed E-state index contributed by atoms with van der Waals surface area (Å²) in [5, 5.41) is 3.24. The second-order valence-corrected chi connectivity index (χ2v) is 8.48. The molecule has 0 aromatic heterocycles. The van der Waals surface area contributed by atoms with Gasteiger partial charge in [-0.25, -0.2) is 4.79 Å². The number of dihydropyridines is 1. The number of Topliss-reactive ketones (excluding diaryl/α,β-unsaturated/α-hetero) is 1. The van der Waals surface area contributed by atoms with Crippen molar-refractivity contribution in [3.05, 3.63) is 46.3 Å². The summed E-state index contributed by atoms with van der Waals surface area (Å²) < 4.78 is 26.7. The lowest BCUT2D eigenvalue weighted by Gasteiger charge is -2.38. The lowest BCUT2D eigenvalue weighted by Crippen LogP contribution is -2.43. The molecule has 1 aliphatic heterocycles. The maximum Gasteiger partial charge on any atom is 0.336 e. The highest BCUT2D eigenvalue weighted by Gasteiger charge is 2.47. The van der Waals surface area contributed by atoms with Gasteiger partial charge in [-0.05, 0) is 32.3 Å². The zero-order valence-electron chi connectivity index (χ0n) is 21.1. The van der Waals surface area contributed by atoms with Crippen molar-refractivity contribution in [2.24, 2.45) is 11.8 Å². The first-order chi connectivity index (χ1) is 16.8. The molecule has 2 aliphatic rings. The van der Waals surface area contributed by atoms with Crippen molar-refractivity contribution >= 4 is 17.7 Å². The van der Waals surface area contributed by atoms with Crippen LogP contribution in [0.4, 0.5) is 0 Å². The Labute approximate surface area is 205 Å². The molecule has 0 spiro atoms. The monoisotopic (exact) mass is 487 g/mol. The van der Waals surface area contributed by atoms with Crippen molar-refractivity contribution in [1.82, 2.24) is 5.32 Å². The molecule has 1 aliphatic carbocycles. The summed E-state index contributed by atoms with van der Waals surface area (Å²) in [7, 11) is 4.31. The SMILES string of the molecule is CCOCCOC(=O)C1=C(C)NC2=C(C(=O)[C@@H](C(=O)OC)[C@H](C)C2)[C@@H]1c1ccc(OC)cc1OC.